The molecule has 1 rings (SSSR count). The Morgan fingerprint density at radius 1 is 1.26 bits per heavy atom. The van der Waals surface area contributed by atoms with Crippen LogP contribution in [0.4, 0.5) is 0 Å². The number of aromatic nitrogens is 1. The van der Waals surface area contributed by atoms with E-state index in [-0.39, 0.29) is 0 Å². The molecule has 0 aliphatic carbocycles. The molecule has 19 heavy (non-hydrogen) atoms. The smallest absolute Gasteiger partial charge is 0.135 e. The van der Waals surface area contributed by atoms with Gasteiger partial charge in [-0.3, -0.25) is 4.90 Å². The molecule has 0 saturated carbocycles. The van der Waals surface area contributed by atoms with Crippen molar-refractivity contribution in [3.05, 3.63) is 28.0 Å². The number of hydrogen-bond donors (Lipinski definition) is 0. The van der Waals surface area contributed by atoms with Crippen molar-refractivity contribution in [1.29, 1.82) is 0 Å². The predicted octanol–water partition coefficient (Wildman–Crippen LogP) is 4.03. The maximum atomic E-state index is 6.15. The average molecular weight is 305 g/mol. The molecule has 0 aliphatic rings. The van der Waals surface area contributed by atoms with Crippen molar-refractivity contribution in [2.75, 3.05) is 20.3 Å². The summed E-state index contributed by atoms with van der Waals surface area (Å²) in [4.78, 5) is 6.48. The van der Waals surface area contributed by atoms with E-state index in [1.54, 1.807) is 13.2 Å². The van der Waals surface area contributed by atoms with Crippen LogP contribution in [0.25, 0.3) is 0 Å². The van der Waals surface area contributed by atoms with Gasteiger partial charge in [0.15, 0.2) is 0 Å². The number of hydrogen-bond acceptors (Lipinski definition) is 3. The van der Waals surface area contributed by atoms with Crippen LogP contribution >= 0.6 is 23.2 Å². The summed E-state index contributed by atoms with van der Waals surface area (Å²) in [5.41, 5.74) is 1.01. The summed E-state index contributed by atoms with van der Waals surface area (Å²) in [6.07, 6.45) is 2.22. The number of rotatable bonds is 8. The van der Waals surface area contributed by atoms with E-state index < -0.39 is 0 Å². The van der Waals surface area contributed by atoms with E-state index >= 15 is 0 Å². The Labute approximate surface area is 125 Å². The zero-order chi connectivity index (χ0) is 14.3. The van der Waals surface area contributed by atoms with Crippen LogP contribution in [0, 0.1) is 0 Å². The van der Waals surface area contributed by atoms with Gasteiger partial charge in [0.05, 0.1) is 6.61 Å². The standard InChI is InChI=1S/C14H22Cl2N2O/c1-4-12(5-2)18(8-9-19-3)10-11-6-7-13(15)17-14(11)16/h6-7,12H,4-5,8-10H2,1-3H3. The zero-order valence-electron chi connectivity index (χ0n) is 11.8. The van der Waals surface area contributed by atoms with Gasteiger partial charge in [-0.15, -0.1) is 0 Å². The molecule has 1 heterocycles. The molecule has 0 atom stereocenters. The van der Waals surface area contributed by atoms with Crippen LogP contribution in [0.1, 0.15) is 32.3 Å². The quantitative estimate of drug-likeness (QED) is 0.678. The third kappa shape index (κ3) is 5.27. The van der Waals surface area contributed by atoms with Gasteiger partial charge in [0.25, 0.3) is 0 Å². The first-order chi connectivity index (χ1) is 9.12. The highest BCUT2D eigenvalue weighted by atomic mass is 35.5. The highest BCUT2D eigenvalue weighted by Crippen LogP contribution is 2.20. The Morgan fingerprint density at radius 3 is 2.47 bits per heavy atom. The third-order valence-corrected chi connectivity index (χ3v) is 3.84. The Kier molecular flexibility index (Phi) is 7.69. The van der Waals surface area contributed by atoms with Crippen LogP contribution in [0.2, 0.25) is 10.3 Å². The van der Waals surface area contributed by atoms with Crippen LogP contribution in [-0.2, 0) is 11.3 Å². The lowest BCUT2D eigenvalue weighted by molar-refractivity contribution is 0.110. The first kappa shape index (κ1) is 16.7. The molecule has 0 N–H and O–H groups in total. The van der Waals surface area contributed by atoms with Gasteiger partial charge in [-0.2, -0.15) is 0 Å². The van der Waals surface area contributed by atoms with Gasteiger partial charge < -0.3 is 4.74 Å². The van der Waals surface area contributed by atoms with E-state index in [1.807, 2.05) is 6.07 Å². The minimum Gasteiger partial charge on any atom is -0.383 e. The topological polar surface area (TPSA) is 25.4 Å². The highest BCUT2D eigenvalue weighted by molar-refractivity contribution is 6.32. The molecule has 0 saturated heterocycles. The van der Waals surface area contributed by atoms with Gasteiger partial charge in [-0.05, 0) is 18.9 Å². The van der Waals surface area contributed by atoms with E-state index in [1.165, 1.54) is 0 Å². The van der Waals surface area contributed by atoms with E-state index in [2.05, 4.69) is 23.7 Å². The summed E-state index contributed by atoms with van der Waals surface area (Å²) in [6, 6.07) is 4.26. The molecular weight excluding hydrogens is 283 g/mol. The zero-order valence-corrected chi connectivity index (χ0v) is 13.3. The number of pyridine rings is 1. The molecule has 0 fully saturated rings. The Hall–Kier alpha value is -0.350. The monoisotopic (exact) mass is 304 g/mol. The molecule has 5 heteroatoms. The van der Waals surface area contributed by atoms with Crippen LogP contribution in [0.3, 0.4) is 0 Å². The minimum absolute atomic E-state index is 0.430. The predicted molar refractivity (Wildman–Crippen MR) is 80.9 cm³/mol. The second-order valence-electron chi connectivity index (χ2n) is 4.52. The lowest BCUT2D eigenvalue weighted by Crippen LogP contribution is -2.36. The van der Waals surface area contributed by atoms with Crippen molar-refractivity contribution >= 4 is 23.2 Å². The maximum Gasteiger partial charge on any atom is 0.135 e. The molecule has 0 amide bonds. The van der Waals surface area contributed by atoms with E-state index in [9.17, 15) is 0 Å². The molecule has 0 bridgehead atoms. The van der Waals surface area contributed by atoms with E-state index in [0.29, 0.717) is 16.3 Å². The molecule has 0 radical (unpaired) electrons. The van der Waals surface area contributed by atoms with Gasteiger partial charge >= 0.3 is 0 Å². The lowest BCUT2D eigenvalue weighted by Gasteiger charge is -2.30. The summed E-state index contributed by atoms with van der Waals surface area (Å²) >= 11 is 12.0. The fourth-order valence-corrected chi connectivity index (χ4v) is 2.59. The number of halogens is 2. The maximum absolute atomic E-state index is 6.15. The second kappa shape index (κ2) is 8.75. The van der Waals surface area contributed by atoms with Crippen LogP contribution in [0.5, 0.6) is 0 Å². The van der Waals surface area contributed by atoms with Gasteiger partial charge in [-0.25, -0.2) is 4.98 Å². The Bertz CT molecular complexity index is 384. The van der Waals surface area contributed by atoms with Crippen LogP contribution < -0.4 is 0 Å². The molecule has 1 aromatic heterocycles. The van der Waals surface area contributed by atoms with Gasteiger partial charge in [0, 0.05) is 31.8 Å². The van der Waals surface area contributed by atoms with Crippen molar-refractivity contribution in [3.8, 4) is 0 Å². The van der Waals surface area contributed by atoms with Crippen molar-refractivity contribution in [1.82, 2.24) is 9.88 Å². The fourth-order valence-electron chi connectivity index (χ4n) is 2.18. The molecule has 0 aromatic carbocycles. The van der Waals surface area contributed by atoms with E-state index in [4.69, 9.17) is 27.9 Å². The van der Waals surface area contributed by atoms with Crippen molar-refractivity contribution in [2.24, 2.45) is 0 Å². The fraction of sp³-hybridized carbons (Fsp3) is 0.643. The summed E-state index contributed by atoms with van der Waals surface area (Å²) in [7, 11) is 1.72. The Morgan fingerprint density at radius 2 is 1.95 bits per heavy atom. The van der Waals surface area contributed by atoms with Crippen molar-refractivity contribution in [2.45, 2.75) is 39.3 Å². The Balaban J connectivity index is 2.80. The van der Waals surface area contributed by atoms with Gasteiger partial charge in [0.1, 0.15) is 10.3 Å². The number of ether oxygens (including phenoxy) is 1. The lowest BCUT2D eigenvalue weighted by atomic mass is 10.1. The van der Waals surface area contributed by atoms with Crippen LogP contribution in [-0.4, -0.2) is 36.2 Å². The first-order valence-corrected chi connectivity index (χ1v) is 7.41. The van der Waals surface area contributed by atoms with Crippen molar-refractivity contribution in [3.63, 3.8) is 0 Å². The van der Waals surface area contributed by atoms with Crippen molar-refractivity contribution < 1.29 is 4.74 Å². The largest absolute Gasteiger partial charge is 0.383 e. The molecule has 0 aliphatic heterocycles. The normalized spacial score (nSPS) is 11.5. The molecule has 108 valence electrons. The van der Waals surface area contributed by atoms with E-state index in [0.717, 1.165) is 38.1 Å². The highest BCUT2D eigenvalue weighted by Gasteiger charge is 2.16. The summed E-state index contributed by atoms with van der Waals surface area (Å²) in [5, 5.41) is 0.917. The second-order valence-corrected chi connectivity index (χ2v) is 5.26. The first-order valence-electron chi connectivity index (χ1n) is 6.66. The third-order valence-electron chi connectivity index (χ3n) is 3.31. The number of methoxy groups -OCH3 is 1. The van der Waals surface area contributed by atoms with Gasteiger partial charge in [-0.1, -0.05) is 43.1 Å². The molecule has 3 nitrogen and oxygen atoms in total. The van der Waals surface area contributed by atoms with Gasteiger partial charge in [0.2, 0.25) is 0 Å². The molecule has 1 aromatic rings. The molecular formula is C14H22Cl2N2O. The molecule has 0 spiro atoms. The summed E-state index contributed by atoms with van der Waals surface area (Å²) < 4.78 is 5.19. The summed E-state index contributed by atoms with van der Waals surface area (Å²) in [5.74, 6) is 0. The summed E-state index contributed by atoms with van der Waals surface area (Å²) in [6.45, 7) is 6.79. The minimum atomic E-state index is 0.430. The van der Waals surface area contributed by atoms with Crippen LogP contribution in [0.15, 0.2) is 12.1 Å². The molecule has 0 unspecified atom stereocenters. The number of nitrogens with zero attached hydrogens (tertiary/aromatic N) is 2. The SMILES string of the molecule is CCC(CC)N(CCOC)Cc1ccc(Cl)nc1Cl. The average Bonchev–Trinajstić information content (AvgIpc) is 2.39.